The lowest BCUT2D eigenvalue weighted by molar-refractivity contribution is -0.119. The molecule has 0 atom stereocenters. The minimum absolute atomic E-state index is 0.00526. The highest BCUT2D eigenvalue weighted by molar-refractivity contribution is 5.81. The Kier molecular flexibility index (Phi) is 7.79. The molecule has 0 spiro atoms. The maximum Gasteiger partial charge on any atom is 0.239 e. The lowest BCUT2D eigenvalue weighted by Gasteiger charge is -2.21. The standard InChI is InChI=1S/C16H27N3O2/c1-5-17-11-14-6-7-15(13(2)10-14)19(3)12-16(20)18-8-9-21-4/h6-7,10,17H,5,8-9,11-12H2,1-4H3,(H,18,20). The summed E-state index contributed by atoms with van der Waals surface area (Å²) >= 11 is 0. The first-order valence-corrected chi connectivity index (χ1v) is 7.35. The number of hydrogen-bond donors (Lipinski definition) is 2. The van der Waals surface area contributed by atoms with E-state index in [2.05, 4.69) is 42.7 Å². The van der Waals surface area contributed by atoms with Gasteiger partial charge in [0.2, 0.25) is 5.91 Å². The summed E-state index contributed by atoms with van der Waals surface area (Å²) in [5.74, 6) is 0.00526. The summed E-state index contributed by atoms with van der Waals surface area (Å²) in [5, 5.41) is 6.14. The van der Waals surface area contributed by atoms with E-state index in [1.165, 1.54) is 11.1 Å². The predicted molar refractivity (Wildman–Crippen MR) is 86.7 cm³/mol. The SMILES string of the molecule is CCNCc1ccc(N(C)CC(=O)NCCOC)c(C)c1. The summed E-state index contributed by atoms with van der Waals surface area (Å²) in [6.45, 7) is 7.43. The third-order valence-electron chi connectivity index (χ3n) is 3.26. The zero-order chi connectivity index (χ0) is 15.7. The van der Waals surface area contributed by atoms with E-state index in [0.29, 0.717) is 19.7 Å². The number of benzene rings is 1. The number of hydrogen-bond acceptors (Lipinski definition) is 4. The molecule has 2 N–H and O–H groups in total. The van der Waals surface area contributed by atoms with Crippen LogP contribution in [0.15, 0.2) is 18.2 Å². The fraction of sp³-hybridized carbons (Fsp3) is 0.562. The molecular formula is C16H27N3O2. The molecule has 0 heterocycles. The molecule has 118 valence electrons. The van der Waals surface area contributed by atoms with Crippen LogP contribution in [0.2, 0.25) is 0 Å². The highest BCUT2D eigenvalue weighted by Gasteiger charge is 2.09. The van der Waals surface area contributed by atoms with Crippen LogP contribution in [-0.2, 0) is 16.1 Å². The highest BCUT2D eigenvalue weighted by Crippen LogP contribution is 2.20. The number of carbonyl (C=O) groups excluding carboxylic acids is 1. The van der Waals surface area contributed by atoms with Crippen LogP contribution in [0, 0.1) is 6.92 Å². The zero-order valence-corrected chi connectivity index (χ0v) is 13.5. The van der Waals surface area contributed by atoms with Crippen molar-refractivity contribution in [2.45, 2.75) is 20.4 Å². The number of nitrogens with one attached hydrogen (secondary N) is 2. The fourth-order valence-corrected chi connectivity index (χ4v) is 2.17. The maximum atomic E-state index is 11.8. The Morgan fingerprint density at radius 2 is 2.14 bits per heavy atom. The second-order valence-corrected chi connectivity index (χ2v) is 5.10. The number of likely N-dealkylation sites (N-methyl/N-ethyl adjacent to an activating group) is 1. The van der Waals surface area contributed by atoms with Crippen LogP contribution in [0.3, 0.4) is 0 Å². The minimum atomic E-state index is 0.00526. The average molecular weight is 293 g/mol. The van der Waals surface area contributed by atoms with Crippen LogP contribution in [0.1, 0.15) is 18.1 Å². The van der Waals surface area contributed by atoms with Crippen molar-refractivity contribution in [2.24, 2.45) is 0 Å². The summed E-state index contributed by atoms with van der Waals surface area (Å²) in [6, 6.07) is 6.34. The van der Waals surface area contributed by atoms with E-state index < -0.39 is 0 Å². The molecule has 0 aromatic heterocycles. The first-order valence-electron chi connectivity index (χ1n) is 7.35. The quantitative estimate of drug-likeness (QED) is 0.674. The van der Waals surface area contributed by atoms with Gasteiger partial charge in [-0.05, 0) is 30.7 Å². The van der Waals surface area contributed by atoms with Gasteiger partial charge in [0.15, 0.2) is 0 Å². The Hall–Kier alpha value is -1.59. The van der Waals surface area contributed by atoms with Gasteiger partial charge in [0, 0.05) is 32.9 Å². The van der Waals surface area contributed by atoms with E-state index in [9.17, 15) is 4.79 Å². The molecule has 0 aliphatic carbocycles. The summed E-state index contributed by atoms with van der Waals surface area (Å²) in [4.78, 5) is 13.8. The van der Waals surface area contributed by atoms with Crippen LogP contribution in [0.4, 0.5) is 5.69 Å². The van der Waals surface area contributed by atoms with Gasteiger partial charge in [-0.2, -0.15) is 0 Å². The summed E-state index contributed by atoms with van der Waals surface area (Å²) in [5.41, 5.74) is 3.52. The van der Waals surface area contributed by atoms with Gasteiger partial charge < -0.3 is 20.3 Å². The zero-order valence-electron chi connectivity index (χ0n) is 13.5. The van der Waals surface area contributed by atoms with Crippen LogP contribution in [-0.4, -0.2) is 46.3 Å². The largest absolute Gasteiger partial charge is 0.383 e. The number of carbonyl (C=O) groups is 1. The van der Waals surface area contributed by atoms with Crippen molar-refractivity contribution in [3.05, 3.63) is 29.3 Å². The van der Waals surface area contributed by atoms with E-state index >= 15 is 0 Å². The number of aryl methyl sites for hydroxylation is 1. The van der Waals surface area contributed by atoms with Crippen molar-refractivity contribution in [3.8, 4) is 0 Å². The molecular weight excluding hydrogens is 266 g/mol. The lowest BCUT2D eigenvalue weighted by Crippen LogP contribution is -2.36. The molecule has 0 saturated heterocycles. The lowest BCUT2D eigenvalue weighted by atomic mass is 10.1. The van der Waals surface area contributed by atoms with E-state index in [-0.39, 0.29) is 5.91 Å². The van der Waals surface area contributed by atoms with Crippen molar-refractivity contribution in [2.75, 3.05) is 45.3 Å². The molecule has 0 bridgehead atoms. The number of nitrogens with zero attached hydrogens (tertiary/aromatic N) is 1. The minimum Gasteiger partial charge on any atom is -0.383 e. The average Bonchev–Trinajstić information content (AvgIpc) is 2.45. The van der Waals surface area contributed by atoms with E-state index in [4.69, 9.17) is 4.74 Å². The highest BCUT2D eigenvalue weighted by atomic mass is 16.5. The number of rotatable bonds is 9. The van der Waals surface area contributed by atoms with Crippen molar-refractivity contribution >= 4 is 11.6 Å². The number of anilines is 1. The van der Waals surface area contributed by atoms with Crippen molar-refractivity contribution in [3.63, 3.8) is 0 Å². The van der Waals surface area contributed by atoms with Crippen LogP contribution >= 0.6 is 0 Å². The van der Waals surface area contributed by atoms with E-state index in [0.717, 1.165) is 18.8 Å². The molecule has 0 aliphatic heterocycles. The fourth-order valence-electron chi connectivity index (χ4n) is 2.17. The molecule has 1 rings (SSSR count). The van der Waals surface area contributed by atoms with Gasteiger partial charge in [0.05, 0.1) is 13.2 Å². The number of methoxy groups -OCH3 is 1. The van der Waals surface area contributed by atoms with E-state index in [1.54, 1.807) is 7.11 Å². The Balaban J connectivity index is 2.57. The Morgan fingerprint density at radius 1 is 1.38 bits per heavy atom. The molecule has 0 radical (unpaired) electrons. The van der Waals surface area contributed by atoms with Gasteiger partial charge in [-0.3, -0.25) is 4.79 Å². The molecule has 0 saturated carbocycles. The molecule has 5 nitrogen and oxygen atoms in total. The molecule has 0 fully saturated rings. The van der Waals surface area contributed by atoms with Gasteiger partial charge in [0.1, 0.15) is 0 Å². The van der Waals surface area contributed by atoms with Gasteiger partial charge in [-0.25, -0.2) is 0 Å². The topological polar surface area (TPSA) is 53.6 Å². The third kappa shape index (κ3) is 6.14. The third-order valence-corrected chi connectivity index (χ3v) is 3.26. The molecule has 1 amide bonds. The first kappa shape index (κ1) is 17.5. The van der Waals surface area contributed by atoms with Gasteiger partial charge in [-0.1, -0.05) is 19.1 Å². The molecule has 1 aromatic carbocycles. The predicted octanol–water partition coefficient (Wildman–Crippen LogP) is 1.30. The molecule has 5 heteroatoms. The van der Waals surface area contributed by atoms with Crippen LogP contribution in [0.25, 0.3) is 0 Å². The molecule has 0 aliphatic rings. The Morgan fingerprint density at radius 3 is 2.76 bits per heavy atom. The van der Waals surface area contributed by atoms with Crippen molar-refractivity contribution < 1.29 is 9.53 Å². The summed E-state index contributed by atoms with van der Waals surface area (Å²) in [7, 11) is 3.55. The molecule has 1 aromatic rings. The van der Waals surface area contributed by atoms with Crippen molar-refractivity contribution in [1.29, 1.82) is 0 Å². The summed E-state index contributed by atoms with van der Waals surface area (Å²) in [6.07, 6.45) is 0. The first-order chi connectivity index (χ1) is 10.1. The number of amides is 1. The number of ether oxygens (including phenoxy) is 1. The normalized spacial score (nSPS) is 10.5. The molecule has 0 unspecified atom stereocenters. The van der Waals surface area contributed by atoms with Gasteiger partial charge >= 0.3 is 0 Å². The summed E-state index contributed by atoms with van der Waals surface area (Å²) < 4.78 is 4.91. The van der Waals surface area contributed by atoms with Crippen molar-refractivity contribution in [1.82, 2.24) is 10.6 Å². The van der Waals surface area contributed by atoms with Gasteiger partial charge in [-0.15, -0.1) is 0 Å². The van der Waals surface area contributed by atoms with Crippen LogP contribution in [0.5, 0.6) is 0 Å². The smallest absolute Gasteiger partial charge is 0.239 e. The second-order valence-electron chi connectivity index (χ2n) is 5.10. The van der Waals surface area contributed by atoms with Gasteiger partial charge in [0.25, 0.3) is 0 Å². The maximum absolute atomic E-state index is 11.8. The Bertz CT molecular complexity index is 449. The van der Waals surface area contributed by atoms with E-state index in [1.807, 2.05) is 11.9 Å². The monoisotopic (exact) mass is 293 g/mol. The second kappa shape index (κ2) is 9.37. The van der Waals surface area contributed by atoms with Crippen LogP contribution < -0.4 is 15.5 Å². The molecule has 21 heavy (non-hydrogen) atoms. The Labute approximate surface area is 127 Å².